The number of morpholine rings is 1. The number of benzene rings is 2. The molecule has 0 aliphatic carbocycles. The summed E-state index contributed by atoms with van der Waals surface area (Å²) >= 11 is 0. The molecule has 1 fully saturated rings. The highest BCUT2D eigenvalue weighted by Gasteiger charge is 2.17. The predicted octanol–water partition coefficient (Wildman–Crippen LogP) is 3.20. The van der Waals surface area contributed by atoms with Crippen LogP contribution in [0.3, 0.4) is 0 Å². The Bertz CT molecular complexity index is 1010. The molecule has 0 amide bonds. The van der Waals surface area contributed by atoms with Crippen LogP contribution >= 0.6 is 0 Å². The van der Waals surface area contributed by atoms with Crippen LogP contribution in [0.15, 0.2) is 36.7 Å². The lowest BCUT2D eigenvalue weighted by Gasteiger charge is -2.24. The van der Waals surface area contributed by atoms with Gasteiger partial charge in [-0.15, -0.1) is 0 Å². The Labute approximate surface area is 168 Å². The van der Waals surface area contributed by atoms with Gasteiger partial charge in [0.2, 0.25) is 0 Å². The van der Waals surface area contributed by atoms with Crippen molar-refractivity contribution in [3.8, 4) is 11.5 Å². The molecule has 0 spiro atoms. The van der Waals surface area contributed by atoms with E-state index in [0.29, 0.717) is 36.0 Å². The number of anilines is 2. The second kappa shape index (κ2) is 8.59. The van der Waals surface area contributed by atoms with Crippen molar-refractivity contribution in [2.24, 2.45) is 0 Å². The third-order valence-corrected chi connectivity index (χ3v) is 4.79. The average molecular weight is 398 g/mol. The SMILES string of the molecule is COc1cc2ncnc(Nc3ccc(F)cc3C)c2cc1OCC1CNCCO1. The molecule has 2 aromatic carbocycles. The monoisotopic (exact) mass is 398 g/mol. The van der Waals surface area contributed by atoms with E-state index in [-0.39, 0.29) is 11.9 Å². The van der Waals surface area contributed by atoms with Gasteiger partial charge in [-0.25, -0.2) is 14.4 Å². The van der Waals surface area contributed by atoms with Crippen LogP contribution in [0.5, 0.6) is 11.5 Å². The molecule has 1 atom stereocenters. The van der Waals surface area contributed by atoms with Gasteiger partial charge < -0.3 is 24.8 Å². The molecule has 2 heterocycles. The summed E-state index contributed by atoms with van der Waals surface area (Å²) in [6.07, 6.45) is 1.46. The van der Waals surface area contributed by atoms with Crippen LogP contribution in [0, 0.1) is 12.7 Å². The summed E-state index contributed by atoms with van der Waals surface area (Å²) in [4.78, 5) is 8.70. The first-order chi connectivity index (χ1) is 14.1. The molecule has 7 nitrogen and oxygen atoms in total. The lowest BCUT2D eigenvalue weighted by molar-refractivity contribution is -0.000232. The normalized spacial score (nSPS) is 16.6. The van der Waals surface area contributed by atoms with Crippen LogP contribution in [-0.4, -0.2) is 49.5 Å². The minimum Gasteiger partial charge on any atom is -0.493 e. The van der Waals surface area contributed by atoms with Crippen molar-refractivity contribution in [3.05, 3.63) is 48.0 Å². The number of nitrogens with zero attached hydrogens (tertiary/aromatic N) is 2. The van der Waals surface area contributed by atoms with Gasteiger partial charge in [0.1, 0.15) is 30.7 Å². The van der Waals surface area contributed by atoms with E-state index in [2.05, 4.69) is 20.6 Å². The summed E-state index contributed by atoms with van der Waals surface area (Å²) in [5, 5.41) is 7.32. The standard InChI is InChI=1S/C21H23FN4O3/c1-13-7-14(22)3-4-17(13)26-21-16-8-20(29-11-15-10-23-5-6-28-15)19(27-2)9-18(16)24-12-25-21/h3-4,7-9,12,15,23H,5-6,10-11H2,1-2H3,(H,24,25,26). The van der Waals surface area contributed by atoms with E-state index < -0.39 is 0 Å². The first-order valence-electron chi connectivity index (χ1n) is 9.45. The molecular formula is C21H23FN4O3. The number of methoxy groups -OCH3 is 1. The fraction of sp³-hybridized carbons (Fsp3) is 0.333. The molecule has 1 aliphatic rings. The number of halogens is 1. The first kappa shape index (κ1) is 19.4. The number of aryl methyl sites for hydroxylation is 1. The highest BCUT2D eigenvalue weighted by atomic mass is 19.1. The van der Waals surface area contributed by atoms with E-state index in [0.717, 1.165) is 29.7 Å². The number of aromatic nitrogens is 2. The number of nitrogens with one attached hydrogen (secondary N) is 2. The van der Waals surface area contributed by atoms with Crippen LogP contribution < -0.4 is 20.1 Å². The topological polar surface area (TPSA) is 77.5 Å². The zero-order chi connectivity index (χ0) is 20.2. The number of fused-ring (bicyclic) bond motifs is 1. The Kier molecular flexibility index (Phi) is 5.73. The maximum Gasteiger partial charge on any atom is 0.162 e. The molecule has 1 aliphatic heterocycles. The van der Waals surface area contributed by atoms with Crippen LogP contribution in [0.2, 0.25) is 0 Å². The Morgan fingerprint density at radius 2 is 2.14 bits per heavy atom. The Morgan fingerprint density at radius 3 is 2.90 bits per heavy atom. The van der Waals surface area contributed by atoms with Crippen LogP contribution in [0.25, 0.3) is 10.9 Å². The van der Waals surface area contributed by atoms with Gasteiger partial charge in [0.25, 0.3) is 0 Å². The zero-order valence-corrected chi connectivity index (χ0v) is 16.4. The largest absolute Gasteiger partial charge is 0.493 e. The third kappa shape index (κ3) is 4.38. The number of ether oxygens (including phenoxy) is 3. The highest BCUT2D eigenvalue weighted by molar-refractivity contribution is 5.93. The maximum atomic E-state index is 13.4. The fourth-order valence-corrected chi connectivity index (χ4v) is 3.24. The molecule has 4 rings (SSSR count). The fourth-order valence-electron chi connectivity index (χ4n) is 3.24. The molecule has 8 heteroatoms. The lowest BCUT2D eigenvalue weighted by Crippen LogP contribution is -2.41. The van der Waals surface area contributed by atoms with E-state index >= 15 is 0 Å². The van der Waals surface area contributed by atoms with E-state index in [4.69, 9.17) is 14.2 Å². The van der Waals surface area contributed by atoms with Gasteiger partial charge in [-0.05, 0) is 36.8 Å². The van der Waals surface area contributed by atoms with Gasteiger partial charge in [-0.2, -0.15) is 0 Å². The van der Waals surface area contributed by atoms with Crippen molar-refractivity contribution < 1.29 is 18.6 Å². The summed E-state index contributed by atoms with van der Waals surface area (Å²) in [6, 6.07) is 8.24. The molecule has 1 unspecified atom stereocenters. The second-order valence-electron chi connectivity index (χ2n) is 6.83. The number of rotatable bonds is 6. The number of hydrogen-bond donors (Lipinski definition) is 2. The van der Waals surface area contributed by atoms with Crippen molar-refractivity contribution in [1.29, 1.82) is 0 Å². The highest BCUT2D eigenvalue weighted by Crippen LogP contribution is 2.35. The summed E-state index contributed by atoms with van der Waals surface area (Å²) in [5.41, 5.74) is 2.26. The summed E-state index contributed by atoms with van der Waals surface area (Å²) < 4.78 is 30.6. The van der Waals surface area contributed by atoms with Crippen molar-refractivity contribution >= 4 is 22.4 Å². The quantitative estimate of drug-likeness (QED) is 0.660. The average Bonchev–Trinajstić information content (AvgIpc) is 2.74. The van der Waals surface area contributed by atoms with E-state index in [1.807, 2.05) is 19.1 Å². The predicted molar refractivity (Wildman–Crippen MR) is 109 cm³/mol. The molecule has 0 saturated carbocycles. The summed E-state index contributed by atoms with van der Waals surface area (Å²) in [5.74, 6) is 1.50. The Hall–Kier alpha value is -2.97. The summed E-state index contributed by atoms with van der Waals surface area (Å²) in [6.45, 7) is 4.51. The molecule has 1 saturated heterocycles. The molecule has 3 aromatic rings. The van der Waals surface area contributed by atoms with E-state index in [9.17, 15) is 4.39 Å². The molecule has 2 N–H and O–H groups in total. The van der Waals surface area contributed by atoms with Gasteiger partial charge in [0.15, 0.2) is 11.5 Å². The van der Waals surface area contributed by atoms with Gasteiger partial charge in [0.05, 0.1) is 19.2 Å². The summed E-state index contributed by atoms with van der Waals surface area (Å²) in [7, 11) is 1.59. The van der Waals surface area contributed by atoms with Gasteiger partial charge >= 0.3 is 0 Å². The smallest absolute Gasteiger partial charge is 0.162 e. The molecule has 152 valence electrons. The molecule has 0 radical (unpaired) electrons. The number of hydrogen-bond acceptors (Lipinski definition) is 7. The van der Waals surface area contributed by atoms with Crippen LogP contribution in [0.1, 0.15) is 5.56 Å². The maximum absolute atomic E-state index is 13.4. The Balaban J connectivity index is 1.64. The van der Waals surface area contributed by atoms with E-state index in [1.54, 1.807) is 13.2 Å². The third-order valence-electron chi connectivity index (χ3n) is 4.79. The van der Waals surface area contributed by atoms with Gasteiger partial charge in [-0.1, -0.05) is 0 Å². The lowest BCUT2D eigenvalue weighted by atomic mass is 10.1. The second-order valence-corrected chi connectivity index (χ2v) is 6.83. The molecule has 29 heavy (non-hydrogen) atoms. The molecular weight excluding hydrogens is 375 g/mol. The zero-order valence-electron chi connectivity index (χ0n) is 16.4. The van der Waals surface area contributed by atoms with Crippen LogP contribution in [0.4, 0.5) is 15.9 Å². The Morgan fingerprint density at radius 1 is 1.24 bits per heavy atom. The van der Waals surface area contributed by atoms with Crippen LogP contribution in [-0.2, 0) is 4.74 Å². The van der Waals surface area contributed by atoms with Crippen molar-refractivity contribution in [1.82, 2.24) is 15.3 Å². The minimum absolute atomic E-state index is 0.0179. The minimum atomic E-state index is -0.277. The van der Waals surface area contributed by atoms with Gasteiger partial charge in [0, 0.05) is 30.2 Å². The van der Waals surface area contributed by atoms with Crippen molar-refractivity contribution in [2.45, 2.75) is 13.0 Å². The molecule has 1 aromatic heterocycles. The van der Waals surface area contributed by atoms with Gasteiger partial charge in [-0.3, -0.25) is 0 Å². The van der Waals surface area contributed by atoms with E-state index in [1.165, 1.54) is 18.5 Å². The van der Waals surface area contributed by atoms with Crippen molar-refractivity contribution in [2.75, 3.05) is 38.7 Å². The first-order valence-corrected chi connectivity index (χ1v) is 9.45. The van der Waals surface area contributed by atoms with Crippen molar-refractivity contribution in [3.63, 3.8) is 0 Å². The molecule has 0 bridgehead atoms.